The van der Waals surface area contributed by atoms with Crippen molar-refractivity contribution in [2.45, 2.75) is 26.8 Å². The fourth-order valence-electron chi connectivity index (χ4n) is 1.17. The highest BCUT2D eigenvalue weighted by Crippen LogP contribution is 1.98. The van der Waals surface area contributed by atoms with Gasteiger partial charge < -0.3 is 10.1 Å². The molecule has 0 aliphatic carbocycles. The quantitative estimate of drug-likeness (QED) is 0.497. The fourth-order valence-corrected chi connectivity index (χ4v) is 1.17. The Balaban J connectivity index is 4.20. The second kappa shape index (κ2) is 8.53. The monoisotopic (exact) mass is 241 g/mol. The van der Waals surface area contributed by atoms with Gasteiger partial charge in [-0.15, -0.1) is 0 Å². The molecule has 0 rings (SSSR count). The summed E-state index contributed by atoms with van der Waals surface area (Å²) >= 11 is 0. The molecule has 96 valence electrons. The zero-order chi connectivity index (χ0) is 13.3. The summed E-state index contributed by atoms with van der Waals surface area (Å²) in [7, 11) is 0. The van der Waals surface area contributed by atoms with Crippen molar-refractivity contribution in [3.63, 3.8) is 0 Å². The maximum atomic E-state index is 11.4. The molecule has 6 nitrogen and oxygen atoms in total. The topological polar surface area (TPSA) is 82.4 Å². The summed E-state index contributed by atoms with van der Waals surface area (Å²) in [5, 5.41) is 10.8. The molecule has 0 aromatic carbocycles. The zero-order valence-corrected chi connectivity index (χ0v) is 10.5. The first kappa shape index (κ1) is 15.4. The van der Waals surface area contributed by atoms with E-state index in [9.17, 15) is 9.59 Å². The summed E-state index contributed by atoms with van der Waals surface area (Å²) in [6, 6.07) is 1.87. The van der Waals surface area contributed by atoms with Crippen LogP contribution in [0.3, 0.4) is 0 Å². The van der Waals surface area contributed by atoms with Crippen LogP contribution in [0.1, 0.15) is 20.8 Å². The lowest BCUT2D eigenvalue weighted by atomic mass is 10.3. The van der Waals surface area contributed by atoms with Gasteiger partial charge in [-0.25, -0.2) is 0 Å². The van der Waals surface area contributed by atoms with Crippen molar-refractivity contribution in [2.75, 3.05) is 26.2 Å². The Labute approximate surface area is 102 Å². The summed E-state index contributed by atoms with van der Waals surface area (Å²) in [6.45, 7) is 5.96. The smallest absolute Gasteiger partial charge is 0.320 e. The number of nitriles is 1. The average molecular weight is 241 g/mol. The van der Waals surface area contributed by atoms with Crippen molar-refractivity contribution < 1.29 is 14.3 Å². The molecule has 0 aromatic heterocycles. The summed E-state index contributed by atoms with van der Waals surface area (Å²) < 4.78 is 4.82. The molecule has 0 aromatic rings. The molecule has 0 fully saturated rings. The number of carbonyl (C=O) groups excluding carboxylic acids is 2. The second-order valence-electron chi connectivity index (χ2n) is 3.74. The fraction of sp³-hybridized carbons (Fsp3) is 0.727. The van der Waals surface area contributed by atoms with Gasteiger partial charge in [0.25, 0.3) is 0 Å². The number of rotatable bonds is 7. The Morgan fingerprint density at radius 1 is 1.41 bits per heavy atom. The van der Waals surface area contributed by atoms with Crippen LogP contribution in [0, 0.1) is 11.3 Å². The Kier molecular flexibility index (Phi) is 7.72. The number of hydrogen-bond donors (Lipinski definition) is 1. The minimum absolute atomic E-state index is 0.0236. The summed E-state index contributed by atoms with van der Waals surface area (Å²) in [5.41, 5.74) is 0. The van der Waals surface area contributed by atoms with E-state index < -0.39 is 0 Å². The lowest BCUT2D eigenvalue weighted by Crippen LogP contribution is -2.43. The lowest BCUT2D eigenvalue weighted by Gasteiger charge is -2.24. The van der Waals surface area contributed by atoms with Crippen LogP contribution in [0.5, 0.6) is 0 Å². The number of esters is 1. The van der Waals surface area contributed by atoms with Gasteiger partial charge in [-0.2, -0.15) is 5.26 Å². The highest BCUT2D eigenvalue weighted by atomic mass is 16.5. The third-order valence-corrected chi connectivity index (χ3v) is 2.08. The van der Waals surface area contributed by atoms with Gasteiger partial charge in [-0.3, -0.25) is 14.5 Å². The Bertz CT molecular complexity index is 297. The molecule has 1 amide bonds. The predicted molar refractivity (Wildman–Crippen MR) is 62.0 cm³/mol. The maximum Gasteiger partial charge on any atom is 0.320 e. The third kappa shape index (κ3) is 7.30. The molecule has 0 radical (unpaired) electrons. The van der Waals surface area contributed by atoms with Gasteiger partial charge in [0.15, 0.2) is 0 Å². The van der Waals surface area contributed by atoms with Gasteiger partial charge in [0.1, 0.15) is 6.54 Å². The van der Waals surface area contributed by atoms with Crippen molar-refractivity contribution in [3.8, 4) is 6.07 Å². The van der Waals surface area contributed by atoms with E-state index in [0.29, 0.717) is 6.61 Å². The number of amides is 1. The first-order valence-electron chi connectivity index (χ1n) is 5.54. The van der Waals surface area contributed by atoms with Gasteiger partial charge in [-0.1, -0.05) is 0 Å². The Morgan fingerprint density at radius 2 is 2.06 bits per heavy atom. The van der Waals surface area contributed by atoms with Gasteiger partial charge in [0, 0.05) is 6.04 Å². The molecule has 0 aliphatic rings. The van der Waals surface area contributed by atoms with Crippen LogP contribution in [-0.2, 0) is 14.3 Å². The lowest BCUT2D eigenvalue weighted by molar-refractivity contribution is -0.145. The van der Waals surface area contributed by atoms with Crippen molar-refractivity contribution in [3.05, 3.63) is 0 Å². The van der Waals surface area contributed by atoms with Crippen LogP contribution < -0.4 is 5.32 Å². The highest BCUT2D eigenvalue weighted by molar-refractivity contribution is 5.79. The van der Waals surface area contributed by atoms with Crippen molar-refractivity contribution in [1.29, 1.82) is 5.26 Å². The first-order chi connectivity index (χ1) is 8.01. The van der Waals surface area contributed by atoms with E-state index in [1.807, 2.05) is 19.9 Å². The predicted octanol–water partition coefficient (Wildman–Crippen LogP) is -0.100. The van der Waals surface area contributed by atoms with E-state index >= 15 is 0 Å². The van der Waals surface area contributed by atoms with Crippen LogP contribution in [0.4, 0.5) is 0 Å². The molecular formula is C11H19N3O3. The van der Waals surface area contributed by atoms with Crippen LogP contribution in [0.2, 0.25) is 0 Å². The standard InChI is InChI=1S/C11H19N3O3/c1-4-17-11(16)8-14(9(2)3)7-10(15)13-6-5-12/h9H,4,6-8H2,1-3H3,(H,13,15). The van der Waals surface area contributed by atoms with Gasteiger partial charge in [0.2, 0.25) is 5.91 Å². The second-order valence-corrected chi connectivity index (χ2v) is 3.74. The molecule has 0 saturated carbocycles. The molecule has 0 aliphatic heterocycles. The number of carbonyl (C=O) groups is 2. The van der Waals surface area contributed by atoms with E-state index in [2.05, 4.69) is 5.32 Å². The molecule has 0 unspecified atom stereocenters. The normalized spacial score (nSPS) is 10.1. The molecular weight excluding hydrogens is 222 g/mol. The van der Waals surface area contributed by atoms with E-state index in [1.165, 1.54) is 0 Å². The molecule has 1 N–H and O–H groups in total. The Morgan fingerprint density at radius 3 is 2.53 bits per heavy atom. The first-order valence-corrected chi connectivity index (χ1v) is 5.54. The van der Waals surface area contributed by atoms with E-state index in [1.54, 1.807) is 11.8 Å². The van der Waals surface area contributed by atoms with E-state index in [-0.39, 0.29) is 37.6 Å². The van der Waals surface area contributed by atoms with Crippen molar-refractivity contribution in [2.24, 2.45) is 0 Å². The van der Waals surface area contributed by atoms with Gasteiger partial charge in [-0.05, 0) is 20.8 Å². The molecule has 0 heterocycles. The van der Waals surface area contributed by atoms with Gasteiger partial charge in [0.05, 0.1) is 25.8 Å². The van der Waals surface area contributed by atoms with E-state index in [0.717, 1.165) is 0 Å². The molecule has 0 bridgehead atoms. The minimum atomic E-state index is -0.353. The summed E-state index contributed by atoms with van der Waals surface area (Å²) in [5.74, 6) is -0.626. The van der Waals surface area contributed by atoms with Crippen LogP contribution in [-0.4, -0.2) is 49.1 Å². The maximum absolute atomic E-state index is 11.4. The van der Waals surface area contributed by atoms with Crippen molar-refractivity contribution in [1.82, 2.24) is 10.2 Å². The third-order valence-electron chi connectivity index (χ3n) is 2.08. The summed E-state index contributed by atoms with van der Waals surface area (Å²) in [6.07, 6.45) is 0. The zero-order valence-electron chi connectivity index (χ0n) is 10.5. The number of ether oxygens (including phenoxy) is 1. The molecule has 0 atom stereocenters. The van der Waals surface area contributed by atoms with E-state index in [4.69, 9.17) is 10.00 Å². The van der Waals surface area contributed by atoms with Crippen molar-refractivity contribution >= 4 is 11.9 Å². The Hall–Kier alpha value is -1.61. The highest BCUT2D eigenvalue weighted by Gasteiger charge is 2.17. The van der Waals surface area contributed by atoms with Crippen LogP contribution >= 0.6 is 0 Å². The number of nitrogens with zero attached hydrogens (tertiary/aromatic N) is 2. The molecule has 0 spiro atoms. The van der Waals surface area contributed by atoms with Gasteiger partial charge >= 0.3 is 5.97 Å². The minimum Gasteiger partial charge on any atom is -0.465 e. The van der Waals surface area contributed by atoms with Crippen LogP contribution in [0.15, 0.2) is 0 Å². The SMILES string of the molecule is CCOC(=O)CN(CC(=O)NCC#N)C(C)C. The summed E-state index contributed by atoms with van der Waals surface area (Å²) in [4.78, 5) is 24.4. The molecule has 0 saturated heterocycles. The van der Waals surface area contributed by atoms with Crippen LogP contribution in [0.25, 0.3) is 0 Å². The molecule has 6 heteroatoms. The largest absolute Gasteiger partial charge is 0.465 e. The number of nitrogens with one attached hydrogen (secondary N) is 1. The number of hydrogen-bond acceptors (Lipinski definition) is 5. The average Bonchev–Trinajstić information content (AvgIpc) is 2.25. The molecule has 17 heavy (non-hydrogen) atoms.